The zero-order valence-corrected chi connectivity index (χ0v) is 14.3. The molecule has 4 atom stereocenters. The summed E-state index contributed by atoms with van der Waals surface area (Å²) in [6.07, 6.45) is 5.47. The molecule has 0 radical (unpaired) electrons. The number of carbonyl (C=O) groups is 1. The number of hydrogen-bond acceptors (Lipinski definition) is 4. The van der Waals surface area contributed by atoms with Crippen molar-refractivity contribution in [2.45, 2.75) is 83.5 Å². The first kappa shape index (κ1) is 16.8. The van der Waals surface area contributed by atoms with Crippen LogP contribution >= 0.6 is 0 Å². The highest BCUT2D eigenvalue weighted by Gasteiger charge is 2.49. The van der Waals surface area contributed by atoms with Crippen LogP contribution in [0.3, 0.4) is 0 Å². The van der Waals surface area contributed by atoms with Gasteiger partial charge in [-0.05, 0) is 65.3 Å². The minimum absolute atomic E-state index is 0.0867. The highest BCUT2D eigenvalue weighted by atomic mass is 16.5. The Morgan fingerprint density at radius 1 is 1.33 bits per heavy atom. The number of piperidine rings is 1. The van der Waals surface area contributed by atoms with E-state index >= 15 is 0 Å². The summed E-state index contributed by atoms with van der Waals surface area (Å²) < 4.78 is 5.10. The van der Waals surface area contributed by atoms with Crippen molar-refractivity contribution in [2.24, 2.45) is 5.92 Å². The van der Waals surface area contributed by atoms with Gasteiger partial charge in [0.2, 0.25) is 0 Å². The van der Waals surface area contributed by atoms with Crippen molar-refractivity contribution >= 4 is 5.97 Å². The van der Waals surface area contributed by atoms with E-state index in [0.717, 1.165) is 25.2 Å². The Labute approximate surface area is 129 Å². The molecule has 21 heavy (non-hydrogen) atoms. The Kier molecular flexibility index (Phi) is 5.31. The largest absolute Gasteiger partial charge is 0.468 e. The highest BCUT2D eigenvalue weighted by Crippen LogP contribution is 2.38. The number of ether oxygens (including phenoxy) is 1. The average molecular weight is 296 g/mol. The molecule has 2 fully saturated rings. The molecule has 0 amide bonds. The highest BCUT2D eigenvalue weighted by molar-refractivity contribution is 5.81. The minimum Gasteiger partial charge on any atom is -0.468 e. The summed E-state index contributed by atoms with van der Waals surface area (Å²) >= 11 is 0. The SMILES string of the molecule is COC(=O)C1(NC(C)C)CCC(N2CCCC(C)C2C)C1. The van der Waals surface area contributed by atoms with Crippen LogP contribution in [0.25, 0.3) is 0 Å². The molecule has 0 bridgehead atoms. The molecule has 0 spiro atoms. The fourth-order valence-electron chi connectivity index (χ4n) is 4.31. The van der Waals surface area contributed by atoms with Crippen LogP contribution in [0.4, 0.5) is 0 Å². The lowest BCUT2D eigenvalue weighted by molar-refractivity contribution is -0.149. The molecule has 0 aromatic carbocycles. The monoisotopic (exact) mass is 296 g/mol. The smallest absolute Gasteiger partial charge is 0.326 e. The first-order valence-electron chi connectivity index (χ1n) is 8.51. The molecule has 4 heteroatoms. The van der Waals surface area contributed by atoms with Gasteiger partial charge in [-0.2, -0.15) is 0 Å². The summed E-state index contributed by atoms with van der Waals surface area (Å²) in [5.41, 5.74) is -0.478. The number of nitrogens with zero attached hydrogens (tertiary/aromatic N) is 1. The van der Waals surface area contributed by atoms with Gasteiger partial charge in [0.15, 0.2) is 0 Å². The Bertz CT molecular complexity index is 372. The number of methoxy groups -OCH3 is 1. The first-order valence-corrected chi connectivity index (χ1v) is 8.51. The maximum Gasteiger partial charge on any atom is 0.326 e. The van der Waals surface area contributed by atoms with Crippen LogP contribution in [-0.4, -0.2) is 48.2 Å². The van der Waals surface area contributed by atoms with E-state index in [-0.39, 0.29) is 5.97 Å². The lowest BCUT2D eigenvalue weighted by atomic mass is 9.89. The Hall–Kier alpha value is -0.610. The zero-order valence-electron chi connectivity index (χ0n) is 14.3. The van der Waals surface area contributed by atoms with E-state index in [2.05, 4.69) is 37.9 Å². The van der Waals surface area contributed by atoms with E-state index in [0.29, 0.717) is 18.1 Å². The lowest BCUT2D eigenvalue weighted by Gasteiger charge is -2.42. The van der Waals surface area contributed by atoms with E-state index < -0.39 is 5.54 Å². The van der Waals surface area contributed by atoms with Crippen molar-refractivity contribution in [1.29, 1.82) is 0 Å². The Morgan fingerprint density at radius 2 is 2.05 bits per heavy atom. The maximum atomic E-state index is 12.3. The summed E-state index contributed by atoms with van der Waals surface area (Å²) in [6, 6.07) is 1.42. The van der Waals surface area contributed by atoms with Gasteiger partial charge in [-0.15, -0.1) is 0 Å². The summed E-state index contributed by atoms with van der Waals surface area (Å²) in [5, 5.41) is 3.50. The van der Waals surface area contributed by atoms with E-state index in [4.69, 9.17) is 4.74 Å². The van der Waals surface area contributed by atoms with Crippen LogP contribution in [0.15, 0.2) is 0 Å². The fourth-order valence-corrected chi connectivity index (χ4v) is 4.31. The van der Waals surface area contributed by atoms with Gasteiger partial charge >= 0.3 is 5.97 Å². The van der Waals surface area contributed by atoms with E-state index in [1.807, 2.05) is 0 Å². The molecule has 2 rings (SSSR count). The van der Waals surface area contributed by atoms with Crippen molar-refractivity contribution in [3.8, 4) is 0 Å². The fraction of sp³-hybridized carbons (Fsp3) is 0.941. The van der Waals surface area contributed by atoms with Crippen LogP contribution in [0.1, 0.15) is 59.8 Å². The summed E-state index contributed by atoms with van der Waals surface area (Å²) in [6.45, 7) is 10.1. The number of rotatable bonds is 4. The van der Waals surface area contributed by atoms with Crippen LogP contribution < -0.4 is 5.32 Å². The summed E-state index contributed by atoms with van der Waals surface area (Å²) in [4.78, 5) is 15.0. The third-order valence-corrected chi connectivity index (χ3v) is 5.52. The third-order valence-electron chi connectivity index (χ3n) is 5.52. The quantitative estimate of drug-likeness (QED) is 0.810. The van der Waals surface area contributed by atoms with Gasteiger partial charge in [0.25, 0.3) is 0 Å². The van der Waals surface area contributed by atoms with E-state index in [1.165, 1.54) is 26.5 Å². The van der Waals surface area contributed by atoms with Crippen molar-refractivity contribution in [3.63, 3.8) is 0 Å². The van der Waals surface area contributed by atoms with Gasteiger partial charge in [0.1, 0.15) is 5.54 Å². The summed E-state index contributed by atoms with van der Waals surface area (Å²) in [7, 11) is 1.50. The Morgan fingerprint density at radius 3 is 2.67 bits per heavy atom. The van der Waals surface area contributed by atoms with Gasteiger partial charge in [0.05, 0.1) is 7.11 Å². The summed E-state index contributed by atoms with van der Waals surface area (Å²) in [5.74, 6) is 0.668. The van der Waals surface area contributed by atoms with Gasteiger partial charge in [-0.3, -0.25) is 15.0 Å². The van der Waals surface area contributed by atoms with Crippen LogP contribution in [0.5, 0.6) is 0 Å². The van der Waals surface area contributed by atoms with E-state index in [1.54, 1.807) is 0 Å². The molecule has 1 saturated heterocycles. The van der Waals surface area contributed by atoms with Crippen LogP contribution in [0.2, 0.25) is 0 Å². The molecule has 1 saturated carbocycles. The Balaban J connectivity index is 2.10. The standard InChI is InChI=1S/C17H32N2O2/c1-12(2)18-17(16(20)21-5)9-8-15(11-17)19-10-6-7-13(3)14(19)4/h12-15,18H,6-11H2,1-5H3. The van der Waals surface area contributed by atoms with Crippen LogP contribution in [0, 0.1) is 5.92 Å². The molecule has 1 N–H and O–H groups in total. The number of carbonyl (C=O) groups excluding carboxylic acids is 1. The molecule has 2 aliphatic rings. The van der Waals surface area contributed by atoms with Gasteiger partial charge in [0, 0.05) is 18.1 Å². The van der Waals surface area contributed by atoms with Crippen molar-refractivity contribution in [3.05, 3.63) is 0 Å². The molecule has 0 aromatic rings. The maximum absolute atomic E-state index is 12.3. The molecule has 122 valence electrons. The van der Waals surface area contributed by atoms with Crippen molar-refractivity contribution in [2.75, 3.05) is 13.7 Å². The number of nitrogens with one attached hydrogen (secondary N) is 1. The van der Waals surface area contributed by atoms with Gasteiger partial charge < -0.3 is 4.74 Å². The van der Waals surface area contributed by atoms with Gasteiger partial charge in [-0.1, -0.05) is 6.92 Å². The van der Waals surface area contributed by atoms with Crippen molar-refractivity contribution in [1.82, 2.24) is 10.2 Å². The van der Waals surface area contributed by atoms with Gasteiger partial charge in [-0.25, -0.2) is 0 Å². The molecule has 1 aliphatic heterocycles. The van der Waals surface area contributed by atoms with E-state index in [9.17, 15) is 4.79 Å². The normalized spacial score (nSPS) is 37.9. The molecule has 4 nitrogen and oxygen atoms in total. The van der Waals surface area contributed by atoms with Crippen molar-refractivity contribution < 1.29 is 9.53 Å². The predicted octanol–water partition coefficient (Wildman–Crippen LogP) is 2.57. The first-order chi connectivity index (χ1) is 9.89. The van der Waals surface area contributed by atoms with Crippen LogP contribution in [-0.2, 0) is 9.53 Å². The second-order valence-corrected chi connectivity index (χ2v) is 7.37. The molecule has 1 aliphatic carbocycles. The topological polar surface area (TPSA) is 41.6 Å². The number of esters is 1. The average Bonchev–Trinajstić information content (AvgIpc) is 2.85. The lowest BCUT2D eigenvalue weighted by Crippen LogP contribution is -2.55. The minimum atomic E-state index is -0.478. The molecular weight excluding hydrogens is 264 g/mol. The zero-order chi connectivity index (χ0) is 15.6. The second kappa shape index (κ2) is 6.66. The molecule has 1 heterocycles. The molecular formula is C17H32N2O2. The number of likely N-dealkylation sites (tertiary alicyclic amines) is 1. The third kappa shape index (κ3) is 3.42. The second-order valence-electron chi connectivity index (χ2n) is 7.37. The predicted molar refractivity (Wildman–Crippen MR) is 85.2 cm³/mol. The molecule has 4 unspecified atom stereocenters. The molecule has 0 aromatic heterocycles. The number of hydrogen-bond donors (Lipinski definition) is 1.